The average molecular weight is 425 g/mol. The van der Waals surface area contributed by atoms with Crippen LogP contribution in [0, 0.1) is 5.92 Å². The summed E-state index contributed by atoms with van der Waals surface area (Å²) in [5.74, 6) is 0.932. The lowest BCUT2D eigenvalue weighted by molar-refractivity contribution is -0.121. The highest BCUT2D eigenvalue weighted by molar-refractivity contribution is 5.94. The zero-order valence-corrected chi connectivity index (χ0v) is 18.3. The number of carbonyl (C=O) groups is 2. The van der Waals surface area contributed by atoms with Crippen LogP contribution in [0.2, 0.25) is 0 Å². The number of rotatable bonds is 6. The number of fused-ring (bicyclic) bond motifs is 1. The fraction of sp³-hybridized carbons (Fsp3) is 0.286. The van der Waals surface area contributed by atoms with Gasteiger partial charge in [-0.05, 0) is 53.6 Å². The van der Waals surface area contributed by atoms with Crippen molar-refractivity contribution in [1.82, 2.24) is 10.6 Å². The molecule has 2 N–H and O–H groups in total. The third kappa shape index (κ3) is 3.81. The van der Waals surface area contributed by atoms with Crippen LogP contribution in [0.5, 0.6) is 0 Å². The van der Waals surface area contributed by atoms with Crippen molar-refractivity contribution in [1.29, 1.82) is 0 Å². The molecule has 3 aromatic rings. The van der Waals surface area contributed by atoms with E-state index >= 15 is 0 Å². The number of carbonyl (C=O) groups excluding carboxylic acids is 2. The van der Waals surface area contributed by atoms with E-state index in [0.29, 0.717) is 29.9 Å². The van der Waals surface area contributed by atoms with Gasteiger partial charge in [-0.1, -0.05) is 66.7 Å². The molecule has 0 saturated carbocycles. The lowest BCUT2D eigenvalue weighted by Gasteiger charge is -2.45. The second kappa shape index (κ2) is 8.62. The minimum absolute atomic E-state index is 0.0196. The van der Waals surface area contributed by atoms with Gasteiger partial charge in [-0.25, -0.2) is 0 Å². The quantitative estimate of drug-likeness (QED) is 0.607. The highest BCUT2D eigenvalue weighted by Gasteiger charge is 2.42. The van der Waals surface area contributed by atoms with Gasteiger partial charge >= 0.3 is 0 Å². The molecule has 162 valence electrons. The van der Waals surface area contributed by atoms with Crippen molar-refractivity contribution in [2.45, 2.75) is 37.6 Å². The summed E-state index contributed by atoms with van der Waals surface area (Å²) in [5.41, 5.74) is 6.30. The van der Waals surface area contributed by atoms with E-state index in [1.807, 2.05) is 25.1 Å². The Kier molecular flexibility index (Phi) is 5.52. The highest BCUT2D eigenvalue weighted by Crippen LogP contribution is 2.55. The van der Waals surface area contributed by atoms with E-state index in [1.165, 1.54) is 22.3 Å². The van der Waals surface area contributed by atoms with Crippen molar-refractivity contribution in [3.8, 4) is 0 Å². The maximum absolute atomic E-state index is 12.6. The average Bonchev–Trinajstić information content (AvgIpc) is 2.83. The van der Waals surface area contributed by atoms with Crippen LogP contribution < -0.4 is 10.6 Å². The first kappa shape index (κ1) is 20.5. The summed E-state index contributed by atoms with van der Waals surface area (Å²) >= 11 is 0. The number of hydrogen-bond acceptors (Lipinski definition) is 2. The molecule has 2 bridgehead atoms. The first-order valence-electron chi connectivity index (χ1n) is 11.4. The first-order chi connectivity index (χ1) is 15.6. The highest BCUT2D eigenvalue weighted by atomic mass is 16.2. The molecule has 0 radical (unpaired) electrons. The molecule has 32 heavy (non-hydrogen) atoms. The fourth-order valence-electron chi connectivity index (χ4n) is 5.50. The van der Waals surface area contributed by atoms with Gasteiger partial charge < -0.3 is 10.6 Å². The van der Waals surface area contributed by atoms with E-state index in [4.69, 9.17) is 0 Å². The zero-order valence-electron chi connectivity index (χ0n) is 18.3. The van der Waals surface area contributed by atoms with Gasteiger partial charge in [-0.2, -0.15) is 0 Å². The van der Waals surface area contributed by atoms with Crippen molar-refractivity contribution >= 4 is 11.8 Å². The molecule has 2 atom stereocenters. The van der Waals surface area contributed by atoms with Crippen LogP contribution in [0.4, 0.5) is 0 Å². The number of amides is 2. The lowest BCUT2D eigenvalue weighted by Crippen LogP contribution is -2.41. The van der Waals surface area contributed by atoms with Crippen LogP contribution in [-0.4, -0.2) is 24.4 Å². The SMILES string of the molecule is C[C@@H](CC(=O)NC[C@@H]1CC2c3ccccc3C1c1ccccc12)NC(=O)c1ccccc1. The Balaban J connectivity index is 1.22. The van der Waals surface area contributed by atoms with Gasteiger partial charge in [0, 0.05) is 36.4 Å². The maximum atomic E-state index is 12.6. The Morgan fingerprint density at radius 1 is 0.844 bits per heavy atom. The topological polar surface area (TPSA) is 58.2 Å². The van der Waals surface area contributed by atoms with Gasteiger partial charge in [0.05, 0.1) is 0 Å². The second-order valence-corrected chi connectivity index (χ2v) is 9.03. The monoisotopic (exact) mass is 424 g/mol. The predicted octanol–water partition coefficient (Wildman–Crippen LogP) is 4.61. The summed E-state index contributed by atoms with van der Waals surface area (Å²) in [6.45, 7) is 2.53. The smallest absolute Gasteiger partial charge is 0.251 e. The molecule has 4 heteroatoms. The van der Waals surface area contributed by atoms with E-state index in [-0.39, 0.29) is 24.3 Å². The number of nitrogens with one attached hydrogen (secondary N) is 2. The lowest BCUT2D eigenvalue weighted by atomic mass is 9.59. The molecule has 0 aromatic heterocycles. The van der Waals surface area contributed by atoms with Crippen LogP contribution in [0.3, 0.4) is 0 Å². The van der Waals surface area contributed by atoms with E-state index in [1.54, 1.807) is 12.1 Å². The Bertz CT molecular complexity index is 1090. The van der Waals surface area contributed by atoms with Crippen LogP contribution in [0.1, 0.15) is 64.2 Å². The molecule has 3 aliphatic carbocycles. The molecule has 0 spiro atoms. The fourth-order valence-corrected chi connectivity index (χ4v) is 5.50. The standard InChI is InChI=1S/C28H28N2O2/c1-18(30-28(32)19-9-3-2-4-10-19)15-26(31)29-17-20-16-25-21-11-5-7-13-23(21)27(20)24-14-8-6-12-22(24)25/h2-14,18,20,25,27H,15-17H2,1H3,(H,29,31)(H,30,32)/t18-,20-,25?,27?/m0/s1. The van der Waals surface area contributed by atoms with Gasteiger partial charge in [-0.15, -0.1) is 0 Å². The number of hydrogen-bond donors (Lipinski definition) is 2. The minimum atomic E-state index is -0.230. The van der Waals surface area contributed by atoms with Crippen molar-refractivity contribution in [2.75, 3.05) is 6.54 Å². The van der Waals surface area contributed by atoms with Crippen molar-refractivity contribution in [2.24, 2.45) is 5.92 Å². The van der Waals surface area contributed by atoms with Gasteiger partial charge in [0.15, 0.2) is 0 Å². The summed E-state index contributed by atoms with van der Waals surface area (Å²) in [6, 6.07) is 26.4. The van der Waals surface area contributed by atoms with E-state index in [9.17, 15) is 9.59 Å². The first-order valence-corrected chi connectivity index (χ1v) is 11.4. The Morgan fingerprint density at radius 2 is 1.41 bits per heavy atom. The molecule has 0 fully saturated rings. The summed E-state index contributed by atoms with van der Waals surface area (Å²) in [6.07, 6.45) is 1.33. The molecule has 3 aliphatic rings. The molecular formula is C28H28N2O2. The normalized spacial score (nSPS) is 21.2. The van der Waals surface area contributed by atoms with Crippen LogP contribution in [0.25, 0.3) is 0 Å². The van der Waals surface area contributed by atoms with E-state index in [0.717, 1.165) is 6.42 Å². The third-order valence-electron chi connectivity index (χ3n) is 6.89. The van der Waals surface area contributed by atoms with Gasteiger partial charge in [0.1, 0.15) is 0 Å². The summed E-state index contributed by atoms with van der Waals surface area (Å²) in [7, 11) is 0. The van der Waals surface area contributed by atoms with Crippen molar-refractivity contribution in [3.05, 3.63) is 107 Å². The summed E-state index contributed by atoms with van der Waals surface area (Å²) in [5, 5.41) is 6.07. The van der Waals surface area contributed by atoms with E-state index in [2.05, 4.69) is 59.2 Å². The van der Waals surface area contributed by atoms with Gasteiger partial charge in [-0.3, -0.25) is 9.59 Å². The van der Waals surface area contributed by atoms with Gasteiger partial charge in [0.2, 0.25) is 5.91 Å². The van der Waals surface area contributed by atoms with Crippen LogP contribution >= 0.6 is 0 Å². The molecule has 0 saturated heterocycles. The molecule has 4 nitrogen and oxygen atoms in total. The molecule has 0 unspecified atom stereocenters. The predicted molar refractivity (Wildman–Crippen MR) is 126 cm³/mol. The molecule has 0 heterocycles. The van der Waals surface area contributed by atoms with Crippen molar-refractivity contribution in [3.63, 3.8) is 0 Å². The maximum Gasteiger partial charge on any atom is 0.251 e. The minimum Gasteiger partial charge on any atom is -0.356 e. The molecular weight excluding hydrogens is 396 g/mol. The third-order valence-corrected chi connectivity index (χ3v) is 6.89. The van der Waals surface area contributed by atoms with Crippen LogP contribution in [-0.2, 0) is 4.79 Å². The largest absolute Gasteiger partial charge is 0.356 e. The molecule has 6 rings (SSSR count). The zero-order chi connectivity index (χ0) is 22.1. The molecule has 3 aromatic carbocycles. The summed E-state index contributed by atoms with van der Waals surface area (Å²) < 4.78 is 0. The van der Waals surface area contributed by atoms with Gasteiger partial charge in [0.25, 0.3) is 5.91 Å². The van der Waals surface area contributed by atoms with E-state index < -0.39 is 0 Å². The van der Waals surface area contributed by atoms with Crippen LogP contribution in [0.15, 0.2) is 78.9 Å². The molecule has 0 aliphatic heterocycles. The number of benzene rings is 3. The molecule has 2 amide bonds. The Hall–Kier alpha value is -3.40. The Labute approximate surface area is 189 Å². The second-order valence-electron chi connectivity index (χ2n) is 9.03. The Morgan fingerprint density at radius 3 is 2.03 bits per heavy atom. The summed E-state index contributed by atoms with van der Waals surface area (Å²) in [4.78, 5) is 25.0. The van der Waals surface area contributed by atoms with Crippen molar-refractivity contribution < 1.29 is 9.59 Å².